The Morgan fingerprint density at radius 2 is 1.38 bits per heavy atom. The number of benzene rings is 4. The minimum Gasteiger partial charge on any atom is -0.345 e. The van der Waals surface area contributed by atoms with Crippen LogP contribution in [-0.4, -0.2) is 24.4 Å². The van der Waals surface area contributed by atoms with Gasteiger partial charge in [0.1, 0.15) is 7.05 Å². The van der Waals surface area contributed by atoms with Gasteiger partial charge >= 0.3 is 0 Å². The van der Waals surface area contributed by atoms with Crippen LogP contribution in [0.5, 0.6) is 0 Å². The van der Waals surface area contributed by atoms with Crippen LogP contribution in [0.2, 0.25) is 0 Å². The van der Waals surface area contributed by atoms with Gasteiger partial charge in [-0.1, -0.05) is 72.8 Å². The summed E-state index contributed by atoms with van der Waals surface area (Å²) in [4.78, 5) is 1.96. The Morgan fingerprint density at radius 3 is 2.05 bits per heavy atom. The lowest BCUT2D eigenvalue weighted by Crippen LogP contribution is -2.26. The van der Waals surface area contributed by atoms with Gasteiger partial charge in [0.2, 0.25) is 11.1 Å². The van der Waals surface area contributed by atoms with Crippen molar-refractivity contribution < 1.29 is 4.58 Å². The first-order chi connectivity index (χ1) is 18.8. The SMILES string of the molecule is CN1/C(=C/C=C/C=C/C2=[N+](C)c3ccc4ccccc4c3C2(C)C)C(C#N)(C#N)c2c1ccc1ccccc21. The molecule has 0 radical (unpaired) electrons. The molecule has 6 rings (SSSR count). The first-order valence-corrected chi connectivity index (χ1v) is 13.1. The number of rotatable bonds is 3. The van der Waals surface area contributed by atoms with Crippen molar-refractivity contribution in [3.05, 3.63) is 120 Å². The number of likely N-dealkylation sites (N-methyl/N-ethyl adjacent to an activating group) is 1. The molecule has 0 atom stereocenters. The second-order valence-electron chi connectivity index (χ2n) is 10.8. The molecule has 0 N–H and O–H groups in total. The molecule has 2 heterocycles. The van der Waals surface area contributed by atoms with Gasteiger partial charge in [-0.2, -0.15) is 15.1 Å². The van der Waals surface area contributed by atoms with Gasteiger partial charge in [-0.25, -0.2) is 0 Å². The Balaban J connectivity index is 1.35. The molecule has 188 valence electrons. The van der Waals surface area contributed by atoms with Crippen LogP contribution in [0.4, 0.5) is 11.4 Å². The van der Waals surface area contributed by atoms with Crippen LogP contribution >= 0.6 is 0 Å². The van der Waals surface area contributed by atoms with E-state index in [1.165, 1.54) is 27.7 Å². The highest BCUT2D eigenvalue weighted by Crippen LogP contribution is 2.50. The lowest BCUT2D eigenvalue weighted by molar-refractivity contribution is -0.401. The maximum absolute atomic E-state index is 10.3. The molecule has 0 saturated carbocycles. The molecule has 4 aromatic rings. The number of nitriles is 2. The van der Waals surface area contributed by atoms with Gasteiger partial charge in [-0.15, -0.1) is 0 Å². The molecule has 4 nitrogen and oxygen atoms in total. The molecule has 2 aliphatic heterocycles. The smallest absolute Gasteiger partial charge is 0.210 e. The van der Waals surface area contributed by atoms with Crippen LogP contribution in [0, 0.1) is 22.7 Å². The van der Waals surface area contributed by atoms with Crippen molar-refractivity contribution in [2.45, 2.75) is 24.7 Å². The summed E-state index contributed by atoms with van der Waals surface area (Å²) in [5.41, 5.74) is 4.58. The number of hydrogen-bond acceptors (Lipinski definition) is 3. The average molecular weight is 506 g/mol. The van der Waals surface area contributed by atoms with E-state index in [0.717, 1.165) is 22.0 Å². The highest BCUT2D eigenvalue weighted by molar-refractivity contribution is 6.07. The number of anilines is 1. The predicted molar refractivity (Wildman–Crippen MR) is 159 cm³/mol. The van der Waals surface area contributed by atoms with Crippen molar-refractivity contribution in [3.63, 3.8) is 0 Å². The third-order valence-electron chi connectivity index (χ3n) is 8.35. The summed E-state index contributed by atoms with van der Waals surface area (Å²) in [6, 6.07) is 29.6. The van der Waals surface area contributed by atoms with E-state index in [9.17, 15) is 10.5 Å². The first kappa shape index (κ1) is 24.4. The monoisotopic (exact) mass is 505 g/mol. The highest BCUT2D eigenvalue weighted by atomic mass is 15.2. The van der Waals surface area contributed by atoms with Crippen molar-refractivity contribution in [2.75, 3.05) is 19.0 Å². The molecule has 0 saturated heterocycles. The normalized spacial score (nSPS) is 18.3. The van der Waals surface area contributed by atoms with E-state index in [1.54, 1.807) is 0 Å². The molecule has 2 aliphatic rings. The third kappa shape index (κ3) is 3.39. The summed E-state index contributed by atoms with van der Waals surface area (Å²) < 4.78 is 2.27. The fourth-order valence-electron chi connectivity index (χ4n) is 6.48. The van der Waals surface area contributed by atoms with Crippen LogP contribution in [0.3, 0.4) is 0 Å². The van der Waals surface area contributed by atoms with Gasteiger partial charge in [0.15, 0.2) is 5.71 Å². The van der Waals surface area contributed by atoms with E-state index in [-0.39, 0.29) is 5.41 Å². The van der Waals surface area contributed by atoms with Gasteiger partial charge in [0.05, 0.1) is 23.3 Å². The van der Waals surface area contributed by atoms with Crippen molar-refractivity contribution in [2.24, 2.45) is 0 Å². The van der Waals surface area contributed by atoms with Crippen LogP contribution in [-0.2, 0) is 10.8 Å². The topological polar surface area (TPSA) is 53.8 Å². The fourth-order valence-corrected chi connectivity index (χ4v) is 6.48. The molecular formula is C35H29N4+. The third-order valence-corrected chi connectivity index (χ3v) is 8.35. The lowest BCUT2D eigenvalue weighted by atomic mass is 9.79. The molecule has 0 aliphatic carbocycles. The first-order valence-electron chi connectivity index (χ1n) is 13.1. The van der Waals surface area contributed by atoms with Crippen LogP contribution in [0.1, 0.15) is 25.0 Å². The molecule has 0 fully saturated rings. The molecule has 0 unspecified atom stereocenters. The summed E-state index contributed by atoms with van der Waals surface area (Å²) in [7, 11) is 4.05. The van der Waals surface area contributed by atoms with E-state index >= 15 is 0 Å². The molecule has 4 heteroatoms. The van der Waals surface area contributed by atoms with Gasteiger partial charge in [0, 0.05) is 36.0 Å². The standard InChI is InChI=1S/C35H29N4/c1-34(2)30(38(3)28-20-18-24-12-8-10-14-26(24)32(28)34)16-6-5-7-17-31-35(22-36,23-37)33-27-15-11-9-13-25(27)19-21-29(33)39(31)4/h5-21H,1-4H3/q+1. The second-order valence-corrected chi connectivity index (χ2v) is 10.8. The largest absolute Gasteiger partial charge is 0.345 e. The minimum atomic E-state index is -1.37. The summed E-state index contributed by atoms with van der Waals surface area (Å²) in [6.07, 6.45) is 9.98. The number of allylic oxidation sites excluding steroid dienone is 6. The average Bonchev–Trinajstić information content (AvgIpc) is 3.32. The Kier molecular flexibility index (Phi) is 5.53. The maximum atomic E-state index is 10.3. The van der Waals surface area contributed by atoms with Gasteiger partial charge in [-0.05, 0) is 53.6 Å². The molecule has 4 aromatic carbocycles. The van der Waals surface area contributed by atoms with Crippen LogP contribution in [0.15, 0.2) is 109 Å². The molecule has 39 heavy (non-hydrogen) atoms. The van der Waals surface area contributed by atoms with E-state index in [0.29, 0.717) is 5.70 Å². The Hall–Kier alpha value is -4.93. The Bertz CT molecular complexity index is 1870. The highest BCUT2D eigenvalue weighted by Gasteiger charge is 2.48. The van der Waals surface area contributed by atoms with Crippen molar-refractivity contribution in [1.82, 2.24) is 0 Å². The lowest BCUT2D eigenvalue weighted by Gasteiger charge is -2.18. The zero-order valence-electron chi connectivity index (χ0n) is 22.6. The zero-order chi connectivity index (χ0) is 27.4. The minimum absolute atomic E-state index is 0.154. The quantitative estimate of drug-likeness (QED) is 0.215. The zero-order valence-corrected chi connectivity index (χ0v) is 22.6. The van der Waals surface area contributed by atoms with E-state index in [4.69, 9.17) is 0 Å². The molecule has 0 amide bonds. The van der Waals surface area contributed by atoms with Crippen molar-refractivity contribution in [3.8, 4) is 12.1 Å². The van der Waals surface area contributed by atoms with E-state index in [2.05, 4.69) is 80.1 Å². The fraction of sp³-hybridized carbons (Fsp3) is 0.171. The number of hydrogen-bond donors (Lipinski definition) is 0. The summed E-state index contributed by atoms with van der Waals surface area (Å²) in [5, 5.41) is 25.1. The van der Waals surface area contributed by atoms with E-state index < -0.39 is 5.41 Å². The molecule has 0 aromatic heterocycles. The summed E-state index contributed by atoms with van der Waals surface area (Å²) in [5.74, 6) is 0. The van der Waals surface area contributed by atoms with Gasteiger partial charge in [0.25, 0.3) is 0 Å². The van der Waals surface area contributed by atoms with Gasteiger partial charge < -0.3 is 4.90 Å². The number of fused-ring (bicyclic) bond motifs is 6. The Morgan fingerprint density at radius 1 is 0.769 bits per heavy atom. The van der Waals surface area contributed by atoms with Crippen LogP contribution < -0.4 is 4.90 Å². The van der Waals surface area contributed by atoms with Crippen molar-refractivity contribution in [1.29, 1.82) is 10.5 Å². The molecule has 0 spiro atoms. The van der Waals surface area contributed by atoms with E-state index in [1.807, 2.05) is 72.6 Å². The summed E-state index contributed by atoms with van der Waals surface area (Å²) in [6.45, 7) is 4.55. The maximum Gasteiger partial charge on any atom is 0.210 e. The second kappa shape index (κ2) is 8.83. The molecule has 0 bridgehead atoms. The Labute approximate surface area is 229 Å². The number of nitrogens with zero attached hydrogens (tertiary/aromatic N) is 4. The van der Waals surface area contributed by atoms with Gasteiger partial charge in [-0.3, -0.25) is 0 Å². The summed E-state index contributed by atoms with van der Waals surface area (Å²) >= 11 is 0. The van der Waals surface area contributed by atoms with Crippen LogP contribution in [0.25, 0.3) is 21.5 Å². The predicted octanol–water partition coefficient (Wildman–Crippen LogP) is 7.43. The van der Waals surface area contributed by atoms with Crippen molar-refractivity contribution >= 4 is 38.6 Å². The molecular weight excluding hydrogens is 476 g/mol.